The van der Waals surface area contributed by atoms with Crippen molar-refractivity contribution in [2.45, 2.75) is 46.0 Å². The Kier molecular flexibility index (Phi) is 7.81. The molecule has 0 saturated heterocycles. The van der Waals surface area contributed by atoms with Crippen LogP contribution in [-0.4, -0.2) is 30.9 Å². The molecular weight excluding hydrogens is 206 g/mol. The molecule has 1 amide bonds. The van der Waals surface area contributed by atoms with Crippen molar-refractivity contribution in [2.24, 2.45) is 5.92 Å². The average Bonchev–Trinajstić information content (AvgIpc) is 2.27. The monoisotopic (exact) mass is 229 g/mol. The largest absolute Gasteiger partial charge is 0.300 e. The number of carbonyl (C=O) groups is 2. The first-order valence-corrected chi connectivity index (χ1v) is 5.84. The highest BCUT2D eigenvalue weighted by Crippen LogP contribution is 2.16. The zero-order valence-electron chi connectivity index (χ0n) is 10.8. The van der Waals surface area contributed by atoms with Crippen LogP contribution in [0.3, 0.4) is 0 Å². The predicted molar refractivity (Wildman–Crippen MR) is 62.7 cm³/mol. The van der Waals surface area contributed by atoms with E-state index in [1.165, 1.54) is 12.2 Å². The van der Waals surface area contributed by atoms with E-state index >= 15 is 0 Å². The van der Waals surface area contributed by atoms with Gasteiger partial charge < -0.3 is 4.79 Å². The molecule has 4 nitrogen and oxygen atoms in total. The maximum atomic E-state index is 11.8. The van der Waals surface area contributed by atoms with Crippen LogP contribution >= 0.6 is 0 Å². The molecule has 0 heterocycles. The number of Topliss-reactive ketones (excluding diaryl/α,β-unsaturated/α-hetero) is 1. The molecule has 4 heteroatoms. The minimum absolute atomic E-state index is 0.0110. The number of carbonyl (C=O) groups excluding carboxylic acids is 2. The van der Waals surface area contributed by atoms with Crippen molar-refractivity contribution < 1.29 is 14.4 Å². The van der Waals surface area contributed by atoms with E-state index < -0.39 is 0 Å². The highest BCUT2D eigenvalue weighted by molar-refractivity contribution is 5.77. The van der Waals surface area contributed by atoms with Gasteiger partial charge in [0.2, 0.25) is 5.91 Å². The first kappa shape index (κ1) is 15.1. The third kappa shape index (κ3) is 5.85. The van der Waals surface area contributed by atoms with Gasteiger partial charge in [-0.3, -0.25) is 9.63 Å². The summed E-state index contributed by atoms with van der Waals surface area (Å²) in [6.45, 7) is 3.60. The van der Waals surface area contributed by atoms with Gasteiger partial charge in [-0.2, -0.15) is 0 Å². The van der Waals surface area contributed by atoms with Gasteiger partial charge in [0.15, 0.2) is 0 Å². The quantitative estimate of drug-likeness (QED) is 0.473. The van der Waals surface area contributed by atoms with Crippen LogP contribution in [0.4, 0.5) is 0 Å². The van der Waals surface area contributed by atoms with Crippen molar-refractivity contribution in [1.29, 1.82) is 0 Å². The number of unbranched alkanes of at least 4 members (excludes halogenated alkanes) is 1. The van der Waals surface area contributed by atoms with Gasteiger partial charge in [0, 0.05) is 19.4 Å². The Hall–Kier alpha value is -0.900. The number of ketones is 1. The van der Waals surface area contributed by atoms with Gasteiger partial charge in [-0.15, -0.1) is 0 Å². The topological polar surface area (TPSA) is 46.6 Å². The summed E-state index contributed by atoms with van der Waals surface area (Å²) < 4.78 is 0. The summed E-state index contributed by atoms with van der Waals surface area (Å²) in [5, 5.41) is 1.28. The lowest BCUT2D eigenvalue weighted by Gasteiger charge is -2.20. The number of nitrogens with zero attached hydrogens (tertiary/aromatic N) is 1. The molecule has 0 aromatic carbocycles. The molecule has 0 aliphatic carbocycles. The lowest BCUT2D eigenvalue weighted by Crippen LogP contribution is -2.31. The molecule has 1 atom stereocenters. The molecule has 0 aliphatic heterocycles. The van der Waals surface area contributed by atoms with E-state index in [1.54, 1.807) is 14.0 Å². The lowest BCUT2D eigenvalue weighted by molar-refractivity contribution is -0.173. The van der Waals surface area contributed by atoms with Crippen molar-refractivity contribution in [2.75, 3.05) is 14.2 Å². The molecule has 0 N–H and O–H groups in total. The van der Waals surface area contributed by atoms with Gasteiger partial charge in [-0.05, 0) is 26.2 Å². The standard InChI is InChI=1S/C12H23NO3/c1-5-11(12(15)13(3)16-4)9-7-6-8-10(2)14/h11H,5-9H2,1-4H3. The molecule has 0 spiro atoms. The zero-order valence-corrected chi connectivity index (χ0v) is 10.8. The van der Waals surface area contributed by atoms with E-state index in [0.717, 1.165) is 25.7 Å². The maximum Gasteiger partial charge on any atom is 0.248 e. The molecule has 1 unspecified atom stereocenters. The Morgan fingerprint density at radius 3 is 2.38 bits per heavy atom. The second-order valence-corrected chi connectivity index (χ2v) is 4.07. The molecule has 0 rings (SSSR count). The van der Waals surface area contributed by atoms with Gasteiger partial charge in [-0.1, -0.05) is 13.3 Å². The van der Waals surface area contributed by atoms with E-state index in [2.05, 4.69) is 0 Å². The Balaban J connectivity index is 3.91. The third-order valence-electron chi connectivity index (χ3n) is 2.76. The van der Waals surface area contributed by atoms with Gasteiger partial charge >= 0.3 is 0 Å². The number of hydroxylamine groups is 2. The SMILES string of the molecule is CCC(CCCCC(C)=O)C(=O)N(C)OC. The number of hydrogen-bond donors (Lipinski definition) is 0. The molecule has 0 aromatic heterocycles. The molecule has 94 valence electrons. The van der Waals surface area contributed by atoms with E-state index in [1.807, 2.05) is 6.92 Å². The summed E-state index contributed by atoms with van der Waals surface area (Å²) in [6.07, 6.45) is 4.05. The van der Waals surface area contributed by atoms with Crippen LogP contribution in [-0.2, 0) is 14.4 Å². The van der Waals surface area contributed by atoms with Gasteiger partial charge in [0.25, 0.3) is 0 Å². The normalized spacial score (nSPS) is 12.2. The molecule has 0 saturated carbocycles. The molecule has 0 radical (unpaired) electrons. The smallest absolute Gasteiger partial charge is 0.248 e. The summed E-state index contributed by atoms with van der Waals surface area (Å²) in [7, 11) is 3.11. The van der Waals surface area contributed by atoms with Crippen LogP contribution < -0.4 is 0 Å². The second kappa shape index (κ2) is 8.28. The number of amides is 1. The lowest BCUT2D eigenvalue weighted by atomic mass is 9.97. The van der Waals surface area contributed by atoms with E-state index in [-0.39, 0.29) is 17.6 Å². The Bertz CT molecular complexity index is 228. The Labute approximate surface area is 97.9 Å². The first-order valence-electron chi connectivity index (χ1n) is 5.84. The van der Waals surface area contributed by atoms with Crippen molar-refractivity contribution in [3.05, 3.63) is 0 Å². The van der Waals surface area contributed by atoms with Crippen molar-refractivity contribution in [3.63, 3.8) is 0 Å². The Morgan fingerprint density at radius 1 is 1.31 bits per heavy atom. The van der Waals surface area contributed by atoms with Crippen LogP contribution in [0.25, 0.3) is 0 Å². The summed E-state index contributed by atoms with van der Waals surface area (Å²) in [5.41, 5.74) is 0. The van der Waals surface area contributed by atoms with Crippen molar-refractivity contribution >= 4 is 11.7 Å². The van der Waals surface area contributed by atoms with Gasteiger partial charge in [0.1, 0.15) is 5.78 Å². The van der Waals surface area contributed by atoms with Crippen LogP contribution in [0.5, 0.6) is 0 Å². The molecule has 16 heavy (non-hydrogen) atoms. The Morgan fingerprint density at radius 2 is 1.94 bits per heavy atom. The molecule has 0 aliphatic rings. The maximum absolute atomic E-state index is 11.8. The fourth-order valence-corrected chi connectivity index (χ4v) is 1.61. The number of rotatable bonds is 8. The molecular formula is C12H23NO3. The molecule has 0 aromatic rings. The van der Waals surface area contributed by atoms with Gasteiger partial charge in [0.05, 0.1) is 7.11 Å². The minimum atomic E-state index is 0.0110. The highest BCUT2D eigenvalue weighted by atomic mass is 16.7. The average molecular weight is 229 g/mol. The summed E-state index contributed by atoms with van der Waals surface area (Å²) in [6, 6.07) is 0. The van der Waals surface area contributed by atoms with Gasteiger partial charge in [-0.25, -0.2) is 5.06 Å². The zero-order chi connectivity index (χ0) is 12.6. The molecule has 0 bridgehead atoms. The molecule has 0 fully saturated rings. The fraction of sp³-hybridized carbons (Fsp3) is 0.833. The van der Waals surface area contributed by atoms with E-state index in [9.17, 15) is 9.59 Å². The summed E-state index contributed by atoms with van der Waals surface area (Å²) in [5.74, 6) is 0.248. The van der Waals surface area contributed by atoms with Crippen molar-refractivity contribution in [3.8, 4) is 0 Å². The summed E-state index contributed by atoms with van der Waals surface area (Å²) in [4.78, 5) is 27.4. The van der Waals surface area contributed by atoms with Crippen molar-refractivity contribution in [1.82, 2.24) is 5.06 Å². The van der Waals surface area contributed by atoms with E-state index in [4.69, 9.17) is 4.84 Å². The first-order chi connectivity index (χ1) is 7.52. The fourth-order valence-electron chi connectivity index (χ4n) is 1.61. The summed E-state index contributed by atoms with van der Waals surface area (Å²) >= 11 is 0. The van der Waals surface area contributed by atoms with Crippen LogP contribution in [0.1, 0.15) is 46.0 Å². The highest BCUT2D eigenvalue weighted by Gasteiger charge is 2.19. The number of hydrogen-bond acceptors (Lipinski definition) is 3. The minimum Gasteiger partial charge on any atom is -0.300 e. The van der Waals surface area contributed by atoms with E-state index in [0.29, 0.717) is 6.42 Å². The second-order valence-electron chi connectivity index (χ2n) is 4.07. The third-order valence-corrected chi connectivity index (χ3v) is 2.76. The van der Waals surface area contributed by atoms with Crippen LogP contribution in [0.15, 0.2) is 0 Å². The predicted octanol–water partition coefficient (Wildman–Crippen LogP) is 2.18. The van der Waals surface area contributed by atoms with Crippen LogP contribution in [0, 0.1) is 5.92 Å². The van der Waals surface area contributed by atoms with Crippen LogP contribution in [0.2, 0.25) is 0 Å².